The number of nitrogens with two attached hydrogens (primary N) is 1. The van der Waals surface area contributed by atoms with Gasteiger partial charge in [0.2, 0.25) is 0 Å². The minimum atomic E-state index is 0.678. The first-order valence-electron chi connectivity index (χ1n) is 7.59. The van der Waals surface area contributed by atoms with E-state index in [0.29, 0.717) is 5.92 Å². The second kappa shape index (κ2) is 8.10. The Hall–Kier alpha value is -0.0800. The standard InChI is InChI=1S/C15H32N2/c1-4-6-14-7-5-9-17(10-8-14)12-15(11-16)13(2)3/h13-15H,4-12,16H2,1-3H3. The Morgan fingerprint density at radius 3 is 2.59 bits per heavy atom. The smallest absolute Gasteiger partial charge is 0.00242 e. The van der Waals surface area contributed by atoms with Gasteiger partial charge in [-0.1, -0.05) is 33.6 Å². The largest absolute Gasteiger partial charge is 0.330 e. The Bertz CT molecular complexity index is 191. The van der Waals surface area contributed by atoms with Gasteiger partial charge in [-0.15, -0.1) is 0 Å². The van der Waals surface area contributed by atoms with Gasteiger partial charge in [-0.05, 0) is 56.7 Å². The minimum Gasteiger partial charge on any atom is -0.330 e. The molecule has 1 saturated heterocycles. The quantitative estimate of drug-likeness (QED) is 0.773. The third kappa shape index (κ3) is 5.39. The maximum absolute atomic E-state index is 5.88. The first-order chi connectivity index (χ1) is 8.17. The van der Waals surface area contributed by atoms with Gasteiger partial charge in [0, 0.05) is 6.54 Å². The van der Waals surface area contributed by atoms with E-state index in [0.717, 1.165) is 18.4 Å². The highest BCUT2D eigenvalue weighted by atomic mass is 15.1. The zero-order valence-corrected chi connectivity index (χ0v) is 12.1. The van der Waals surface area contributed by atoms with Crippen molar-refractivity contribution in [3.05, 3.63) is 0 Å². The zero-order chi connectivity index (χ0) is 12.7. The van der Waals surface area contributed by atoms with Crippen LogP contribution in [0.1, 0.15) is 52.9 Å². The van der Waals surface area contributed by atoms with Gasteiger partial charge in [0.1, 0.15) is 0 Å². The second-order valence-corrected chi connectivity index (χ2v) is 6.13. The van der Waals surface area contributed by atoms with E-state index in [-0.39, 0.29) is 0 Å². The fourth-order valence-electron chi connectivity index (χ4n) is 2.99. The van der Waals surface area contributed by atoms with Crippen molar-refractivity contribution in [2.24, 2.45) is 23.5 Å². The minimum absolute atomic E-state index is 0.678. The molecule has 2 N–H and O–H groups in total. The molecule has 17 heavy (non-hydrogen) atoms. The summed E-state index contributed by atoms with van der Waals surface area (Å²) < 4.78 is 0. The molecule has 1 aliphatic rings. The van der Waals surface area contributed by atoms with Crippen LogP contribution in [0.25, 0.3) is 0 Å². The molecule has 2 heteroatoms. The lowest BCUT2D eigenvalue weighted by molar-refractivity contribution is 0.208. The maximum Gasteiger partial charge on any atom is 0.00242 e. The van der Waals surface area contributed by atoms with Gasteiger partial charge in [0.25, 0.3) is 0 Å². The lowest BCUT2D eigenvalue weighted by atomic mass is 9.95. The van der Waals surface area contributed by atoms with Crippen molar-refractivity contribution in [2.45, 2.75) is 52.9 Å². The molecule has 2 nitrogen and oxygen atoms in total. The monoisotopic (exact) mass is 240 g/mol. The van der Waals surface area contributed by atoms with Gasteiger partial charge < -0.3 is 10.6 Å². The Balaban J connectivity index is 2.35. The number of nitrogens with zero attached hydrogens (tertiary/aromatic N) is 1. The Morgan fingerprint density at radius 1 is 1.24 bits per heavy atom. The van der Waals surface area contributed by atoms with E-state index in [1.807, 2.05) is 0 Å². The molecule has 1 aliphatic heterocycles. The number of likely N-dealkylation sites (tertiary alicyclic amines) is 1. The van der Waals surface area contributed by atoms with E-state index in [2.05, 4.69) is 25.7 Å². The first kappa shape index (κ1) is 15.0. The van der Waals surface area contributed by atoms with Crippen LogP contribution in [0, 0.1) is 17.8 Å². The summed E-state index contributed by atoms with van der Waals surface area (Å²) in [5.74, 6) is 2.38. The number of hydrogen-bond donors (Lipinski definition) is 1. The molecule has 0 aromatic rings. The molecule has 1 rings (SSSR count). The van der Waals surface area contributed by atoms with Gasteiger partial charge >= 0.3 is 0 Å². The van der Waals surface area contributed by atoms with E-state index in [1.54, 1.807) is 0 Å². The van der Waals surface area contributed by atoms with Crippen LogP contribution in [0.2, 0.25) is 0 Å². The van der Waals surface area contributed by atoms with Gasteiger partial charge in [0.05, 0.1) is 0 Å². The normalized spacial score (nSPS) is 24.9. The van der Waals surface area contributed by atoms with Crippen LogP contribution in [-0.4, -0.2) is 31.1 Å². The molecule has 0 radical (unpaired) electrons. The van der Waals surface area contributed by atoms with E-state index >= 15 is 0 Å². The molecule has 0 amide bonds. The highest BCUT2D eigenvalue weighted by molar-refractivity contribution is 4.74. The van der Waals surface area contributed by atoms with Crippen molar-refractivity contribution in [3.63, 3.8) is 0 Å². The summed E-state index contributed by atoms with van der Waals surface area (Å²) in [5.41, 5.74) is 5.88. The molecule has 102 valence electrons. The van der Waals surface area contributed by atoms with Crippen molar-refractivity contribution < 1.29 is 0 Å². The van der Waals surface area contributed by atoms with Crippen molar-refractivity contribution in [1.29, 1.82) is 0 Å². The van der Waals surface area contributed by atoms with Gasteiger partial charge in [-0.2, -0.15) is 0 Å². The second-order valence-electron chi connectivity index (χ2n) is 6.13. The average molecular weight is 240 g/mol. The zero-order valence-electron chi connectivity index (χ0n) is 12.1. The van der Waals surface area contributed by atoms with Crippen LogP contribution in [0.5, 0.6) is 0 Å². The Kier molecular flexibility index (Phi) is 7.14. The molecule has 0 aromatic heterocycles. The van der Waals surface area contributed by atoms with Crippen LogP contribution in [0.15, 0.2) is 0 Å². The number of rotatable bonds is 6. The summed E-state index contributed by atoms with van der Waals surface area (Å²) in [5, 5.41) is 0. The Labute approximate surface area is 108 Å². The van der Waals surface area contributed by atoms with Gasteiger partial charge in [-0.25, -0.2) is 0 Å². The molecule has 0 spiro atoms. The van der Waals surface area contributed by atoms with Crippen molar-refractivity contribution >= 4 is 0 Å². The predicted molar refractivity (Wildman–Crippen MR) is 76.1 cm³/mol. The van der Waals surface area contributed by atoms with E-state index < -0.39 is 0 Å². The summed E-state index contributed by atoms with van der Waals surface area (Å²) in [4.78, 5) is 2.66. The van der Waals surface area contributed by atoms with Crippen LogP contribution in [-0.2, 0) is 0 Å². The first-order valence-corrected chi connectivity index (χ1v) is 7.59. The fourth-order valence-corrected chi connectivity index (χ4v) is 2.99. The van der Waals surface area contributed by atoms with E-state index in [9.17, 15) is 0 Å². The lowest BCUT2D eigenvalue weighted by Crippen LogP contribution is -2.36. The lowest BCUT2D eigenvalue weighted by Gasteiger charge is -2.27. The molecule has 0 aliphatic carbocycles. The molecule has 2 atom stereocenters. The van der Waals surface area contributed by atoms with Crippen LogP contribution in [0.3, 0.4) is 0 Å². The van der Waals surface area contributed by atoms with Crippen molar-refractivity contribution in [3.8, 4) is 0 Å². The third-order valence-corrected chi connectivity index (χ3v) is 4.38. The van der Waals surface area contributed by atoms with E-state index in [4.69, 9.17) is 5.73 Å². The third-order valence-electron chi connectivity index (χ3n) is 4.38. The summed E-state index contributed by atoms with van der Waals surface area (Å²) in [6, 6.07) is 0. The van der Waals surface area contributed by atoms with E-state index in [1.165, 1.54) is 51.7 Å². The maximum atomic E-state index is 5.88. The molecule has 1 heterocycles. The summed E-state index contributed by atoms with van der Waals surface area (Å²) >= 11 is 0. The summed E-state index contributed by atoms with van der Waals surface area (Å²) in [6.07, 6.45) is 7.02. The molecule has 1 fully saturated rings. The molecule has 0 bridgehead atoms. The fraction of sp³-hybridized carbons (Fsp3) is 1.00. The molecular formula is C15H32N2. The molecule has 2 unspecified atom stereocenters. The predicted octanol–water partition coefficient (Wildman–Crippen LogP) is 3.12. The van der Waals surface area contributed by atoms with Crippen LogP contribution < -0.4 is 5.73 Å². The average Bonchev–Trinajstić information content (AvgIpc) is 2.52. The summed E-state index contributed by atoms with van der Waals surface area (Å²) in [7, 11) is 0. The number of hydrogen-bond acceptors (Lipinski definition) is 2. The Morgan fingerprint density at radius 2 is 2.00 bits per heavy atom. The molecule has 0 aromatic carbocycles. The van der Waals surface area contributed by atoms with Crippen molar-refractivity contribution in [1.82, 2.24) is 4.90 Å². The van der Waals surface area contributed by atoms with Crippen molar-refractivity contribution in [2.75, 3.05) is 26.2 Å². The van der Waals surface area contributed by atoms with Gasteiger partial charge in [0.15, 0.2) is 0 Å². The molecular weight excluding hydrogens is 208 g/mol. The highest BCUT2D eigenvalue weighted by Crippen LogP contribution is 2.23. The topological polar surface area (TPSA) is 29.3 Å². The van der Waals surface area contributed by atoms with Gasteiger partial charge in [-0.3, -0.25) is 0 Å². The van der Waals surface area contributed by atoms with Crippen LogP contribution >= 0.6 is 0 Å². The van der Waals surface area contributed by atoms with Crippen LogP contribution in [0.4, 0.5) is 0 Å². The highest BCUT2D eigenvalue weighted by Gasteiger charge is 2.20. The SMILES string of the molecule is CCCC1CCCN(CC(CN)C(C)C)CC1. The summed E-state index contributed by atoms with van der Waals surface area (Å²) in [6.45, 7) is 11.6. The molecule has 0 saturated carbocycles.